The zero-order chi connectivity index (χ0) is 20.3. The summed E-state index contributed by atoms with van der Waals surface area (Å²) in [5, 5.41) is 0.707. The molecule has 0 unspecified atom stereocenters. The monoisotopic (exact) mass is 441 g/mol. The first kappa shape index (κ1) is 20.3. The van der Waals surface area contributed by atoms with E-state index < -0.39 is 6.03 Å². The molecule has 0 atom stereocenters. The van der Waals surface area contributed by atoms with Crippen molar-refractivity contribution in [2.45, 2.75) is 40.1 Å². The van der Waals surface area contributed by atoms with Crippen LogP contribution in [0.3, 0.4) is 0 Å². The van der Waals surface area contributed by atoms with E-state index in [-0.39, 0.29) is 4.08 Å². The zero-order valence-electron chi connectivity index (χ0n) is 16.2. The molecule has 7 heteroatoms. The quantitative estimate of drug-likeness (QED) is 0.468. The fraction of sp³-hybridized carbons (Fsp3) is 0.273. The van der Waals surface area contributed by atoms with Gasteiger partial charge in [0.2, 0.25) is 0 Å². The summed E-state index contributed by atoms with van der Waals surface area (Å²) < 4.78 is -0.177. The van der Waals surface area contributed by atoms with Gasteiger partial charge in [-0.25, -0.2) is 9.78 Å². The molecule has 1 aliphatic rings. The highest BCUT2D eigenvalue weighted by Gasteiger charge is 2.42. The van der Waals surface area contributed by atoms with Crippen molar-refractivity contribution < 1.29 is 4.79 Å². The van der Waals surface area contributed by atoms with Crippen molar-refractivity contribution >= 4 is 46.0 Å². The van der Waals surface area contributed by atoms with E-state index in [1.807, 2.05) is 42.6 Å². The first-order chi connectivity index (χ1) is 14.1. The van der Waals surface area contributed by atoms with Crippen molar-refractivity contribution in [1.82, 2.24) is 4.98 Å². The number of urea groups is 1. The maximum absolute atomic E-state index is 11.9. The minimum absolute atomic E-state index is 0.177. The van der Waals surface area contributed by atoms with Gasteiger partial charge in [-0.15, -0.1) is 23.5 Å². The maximum atomic E-state index is 11.9. The Morgan fingerprint density at radius 3 is 2.21 bits per heavy atom. The van der Waals surface area contributed by atoms with Crippen LogP contribution in [-0.4, -0.2) is 17.6 Å². The molecule has 29 heavy (non-hydrogen) atoms. The van der Waals surface area contributed by atoms with Gasteiger partial charge in [0.1, 0.15) is 4.08 Å². The van der Waals surface area contributed by atoms with Crippen LogP contribution in [-0.2, 0) is 10.5 Å². The average Bonchev–Trinajstić information content (AvgIpc) is 3.15. The molecule has 4 nitrogen and oxygen atoms in total. The summed E-state index contributed by atoms with van der Waals surface area (Å²) in [4.78, 5) is 22.0. The largest absolute Gasteiger partial charge is 0.351 e. The molecule has 1 aromatic heterocycles. The number of thiazole rings is 1. The zero-order valence-corrected chi connectivity index (χ0v) is 18.7. The van der Waals surface area contributed by atoms with Crippen LogP contribution in [0.1, 0.15) is 30.3 Å². The Morgan fingerprint density at radius 2 is 1.69 bits per heavy atom. The topological polar surface area (TPSA) is 59.2 Å². The third kappa shape index (κ3) is 4.32. The first-order valence-corrected chi connectivity index (χ1v) is 12.1. The van der Waals surface area contributed by atoms with Gasteiger partial charge in [-0.1, -0.05) is 47.7 Å². The van der Waals surface area contributed by atoms with Crippen molar-refractivity contribution in [2.75, 3.05) is 11.4 Å². The highest BCUT2D eigenvalue weighted by atomic mass is 32.2. The van der Waals surface area contributed by atoms with Gasteiger partial charge in [-0.05, 0) is 50.5 Å². The molecule has 0 bridgehead atoms. The van der Waals surface area contributed by atoms with E-state index in [9.17, 15) is 4.79 Å². The van der Waals surface area contributed by atoms with Crippen molar-refractivity contribution in [1.29, 1.82) is 0 Å². The van der Waals surface area contributed by atoms with Gasteiger partial charge in [0.05, 0.1) is 10.6 Å². The number of rotatable bonds is 6. The molecule has 3 aromatic rings. The Labute approximate surface area is 183 Å². The highest BCUT2D eigenvalue weighted by Crippen LogP contribution is 2.60. The molecular weight excluding hydrogens is 418 g/mol. The molecule has 2 N–H and O–H groups in total. The third-order valence-electron chi connectivity index (χ3n) is 4.82. The molecular formula is C22H23N3OS3. The summed E-state index contributed by atoms with van der Waals surface area (Å²) in [6, 6.07) is 20.6. The van der Waals surface area contributed by atoms with Gasteiger partial charge < -0.3 is 5.73 Å². The van der Waals surface area contributed by atoms with Crippen LogP contribution >= 0.6 is 34.9 Å². The summed E-state index contributed by atoms with van der Waals surface area (Å²) in [5.74, 6) is 0. The van der Waals surface area contributed by atoms with Crippen LogP contribution in [0.5, 0.6) is 0 Å². The van der Waals surface area contributed by atoms with Gasteiger partial charge in [0.25, 0.3) is 0 Å². The number of carbonyl (C=O) groups excluding carboxylic acids is 1. The van der Waals surface area contributed by atoms with Crippen LogP contribution in [0.25, 0.3) is 0 Å². The van der Waals surface area contributed by atoms with Crippen LogP contribution in [0.15, 0.2) is 70.5 Å². The summed E-state index contributed by atoms with van der Waals surface area (Å²) in [6.45, 7) is 2.45. The van der Waals surface area contributed by atoms with Crippen LogP contribution in [0.2, 0.25) is 0 Å². The minimum Gasteiger partial charge on any atom is -0.351 e. The molecule has 0 saturated heterocycles. The Balaban J connectivity index is 1.79. The number of aromatic nitrogens is 1. The first-order valence-electron chi connectivity index (χ1n) is 9.66. The van der Waals surface area contributed by atoms with Crippen LogP contribution < -0.4 is 10.6 Å². The third-order valence-corrected chi connectivity index (χ3v) is 9.35. The number of carbonyl (C=O) groups is 1. The van der Waals surface area contributed by atoms with E-state index in [2.05, 4.69) is 48.5 Å². The summed E-state index contributed by atoms with van der Waals surface area (Å²) >= 11 is 5.39. The number of hydrogen-bond donors (Lipinski definition) is 1. The lowest BCUT2D eigenvalue weighted by Gasteiger charge is -2.35. The van der Waals surface area contributed by atoms with E-state index in [0.717, 1.165) is 25.0 Å². The smallest absolute Gasteiger partial charge is 0.321 e. The fourth-order valence-electron chi connectivity index (χ4n) is 3.48. The fourth-order valence-corrected chi connectivity index (χ4v) is 8.18. The maximum Gasteiger partial charge on any atom is 0.321 e. The number of nitrogens with zero attached hydrogens (tertiary/aromatic N) is 2. The van der Waals surface area contributed by atoms with Gasteiger partial charge in [-0.3, -0.25) is 4.90 Å². The van der Waals surface area contributed by atoms with Crippen LogP contribution in [0, 0.1) is 0 Å². The van der Waals surface area contributed by atoms with Crippen LogP contribution in [0.4, 0.5) is 9.93 Å². The standard InChI is InChI=1S/C22H23N3OS3/c1-2-25(20(23)26)21-24-18-14-9-15-22(19(18)27-21,28-16-10-5-3-6-11-16)29-17-12-7-4-8-13-17/h3-8,10-13H,2,9,14-15H2,1H3,(H2,23,26). The van der Waals surface area contributed by atoms with Gasteiger partial charge >= 0.3 is 6.03 Å². The average molecular weight is 442 g/mol. The summed E-state index contributed by atoms with van der Waals surface area (Å²) in [6.07, 6.45) is 3.05. The Morgan fingerprint density at radius 1 is 1.10 bits per heavy atom. The second-order valence-electron chi connectivity index (χ2n) is 6.79. The van der Waals surface area contributed by atoms with Gasteiger partial charge in [0.15, 0.2) is 5.13 Å². The number of thioether (sulfide) groups is 2. The SMILES string of the molecule is CCN(C(N)=O)c1nc2c(s1)C(Sc1ccccc1)(Sc1ccccc1)CCC2. The van der Waals surface area contributed by atoms with Crippen molar-refractivity contribution in [3.63, 3.8) is 0 Å². The molecule has 0 aliphatic heterocycles. The molecule has 0 fully saturated rings. The second-order valence-corrected chi connectivity index (χ2v) is 10.8. The van der Waals surface area contributed by atoms with E-state index in [1.165, 1.54) is 14.7 Å². The summed E-state index contributed by atoms with van der Waals surface area (Å²) in [7, 11) is 0. The Kier molecular flexibility index (Phi) is 6.18. The Bertz CT molecular complexity index is 934. The van der Waals surface area contributed by atoms with E-state index in [0.29, 0.717) is 11.7 Å². The molecule has 150 valence electrons. The van der Waals surface area contributed by atoms with E-state index >= 15 is 0 Å². The number of nitrogens with two attached hydrogens (primary N) is 1. The molecule has 1 aliphatic carbocycles. The lowest BCUT2D eigenvalue weighted by molar-refractivity contribution is 0.254. The van der Waals surface area contributed by atoms with Crippen molar-refractivity contribution in [2.24, 2.45) is 5.73 Å². The second kappa shape index (κ2) is 8.81. The Hall–Kier alpha value is -1.96. The molecule has 0 saturated carbocycles. The highest BCUT2D eigenvalue weighted by molar-refractivity contribution is 8.17. The number of amides is 2. The number of benzene rings is 2. The van der Waals surface area contributed by atoms with Crippen molar-refractivity contribution in [3.05, 3.63) is 71.2 Å². The molecule has 0 spiro atoms. The molecule has 4 rings (SSSR count). The predicted octanol–water partition coefficient (Wildman–Crippen LogP) is 6.12. The number of fused-ring (bicyclic) bond motifs is 1. The summed E-state index contributed by atoms with van der Waals surface area (Å²) in [5.41, 5.74) is 6.69. The number of hydrogen-bond acceptors (Lipinski definition) is 5. The molecule has 2 aromatic carbocycles. The van der Waals surface area contributed by atoms with Gasteiger partial charge in [0, 0.05) is 16.3 Å². The number of anilines is 1. The normalized spacial score (nSPS) is 14.9. The minimum atomic E-state index is -0.448. The van der Waals surface area contributed by atoms with E-state index in [1.54, 1.807) is 16.2 Å². The number of primary amides is 1. The predicted molar refractivity (Wildman–Crippen MR) is 124 cm³/mol. The van der Waals surface area contributed by atoms with Crippen molar-refractivity contribution in [3.8, 4) is 0 Å². The lowest BCUT2D eigenvalue weighted by Crippen LogP contribution is -2.35. The lowest BCUT2D eigenvalue weighted by atomic mass is 10.0. The number of aryl methyl sites for hydroxylation is 1. The van der Waals surface area contributed by atoms with E-state index in [4.69, 9.17) is 10.7 Å². The molecule has 2 amide bonds. The van der Waals surface area contributed by atoms with Gasteiger partial charge in [-0.2, -0.15) is 0 Å². The molecule has 1 heterocycles. The molecule has 0 radical (unpaired) electrons.